The van der Waals surface area contributed by atoms with Crippen LogP contribution in [0.5, 0.6) is 0 Å². The van der Waals surface area contributed by atoms with E-state index in [2.05, 4.69) is 0 Å². The van der Waals surface area contributed by atoms with Crippen LogP contribution < -0.4 is 0 Å². The van der Waals surface area contributed by atoms with Crippen LogP contribution in [0.3, 0.4) is 0 Å². The Kier molecular flexibility index (Phi) is 2.66. The van der Waals surface area contributed by atoms with Crippen LogP contribution in [0.4, 0.5) is 0 Å². The highest BCUT2D eigenvalue weighted by Crippen LogP contribution is 2.28. The molecule has 1 rings (SSSR count). The van der Waals surface area contributed by atoms with Crippen LogP contribution in [0.15, 0.2) is 0 Å². The highest BCUT2D eigenvalue weighted by molar-refractivity contribution is 5.78. The summed E-state index contributed by atoms with van der Waals surface area (Å²) in [5.74, 6) is 0.739. The molecule has 1 aliphatic carbocycles. The molecule has 0 saturated heterocycles. The summed E-state index contributed by atoms with van der Waals surface area (Å²) >= 11 is 0. The Labute approximate surface area is 67.6 Å². The molecule has 1 aliphatic rings. The van der Waals surface area contributed by atoms with E-state index in [1.165, 1.54) is 0 Å². The minimum Gasteiger partial charge on any atom is -0.393 e. The van der Waals surface area contributed by atoms with Crippen molar-refractivity contribution in [2.24, 2.45) is 11.8 Å². The molecule has 1 N–H and O–H groups in total. The maximum atomic E-state index is 10.9. The van der Waals surface area contributed by atoms with Gasteiger partial charge in [-0.3, -0.25) is 4.79 Å². The lowest BCUT2D eigenvalue weighted by Crippen LogP contribution is -2.30. The van der Waals surface area contributed by atoms with Gasteiger partial charge in [0.25, 0.3) is 0 Å². The molecule has 3 atom stereocenters. The molecular formula is C9H16O2. The lowest BCUT2D eigenvalue weighted by atomic mass is 9.79. The minimum atomic E-state index is -0.252. The molecule has 2 nitrogen and oxygen atoms in total. The molecule has 2 heteroatoms. The Morgan fingerprint density at radius 3 is 2.55 bits per heavy atom. The van der Waals surface area contributed by atoms with Crippen LogP contribution in [0.1, 0.15) is 33.1 Å². The number of hydrogen-bond acceptors (Lipinski definition) is 2. The van der Waals surface area contributed by atoms with Crippen molar-refractivity contribution in [3.63, 3.8) is 0 Å². The molecule has 11 heavy (non-hydrogen) atoms. The van der Waals surface area contributed by atoms with Gasteiger partial charge in [-0.2, -0.15) is 0 Å². The highest BCUT2D eigenvalue weighted by atomic mass is 16.3. The van der Waals surface area contributed by atoms with Gasteiger partial charge in [-0.1, -0.05) is 6.92 Å². The molecule has 0 aromatic heterocycles. The van der Waals surface area contributed by atoms with Gasteiger partial charge in [0.1, 0.15) is 5.78 Å². The standard InChI is InChI=1S/C9H16O2/c1-6-3-4-8(7(2)10)5-9(6)11/h6,8-9,11H,3-5H2,1-2H3/t6-,8?,9-/m0/s1. The molecule has 1 saturated carbocycles. The second kappa shape index (κ2) is 3.35. The Morgan fingerprint density at radius 2 is 2.09 bits per heavy atom. The summed E-state index contributed by atoms with van der Waals surface area (Å²) in [6.45, 7) is 3.66. The number of carbonyl (C=O) groups excluding carboxylic acids is 1. The summed E-state index contributed by atoms with van der Waals surface area (Å²) in [6.07, 6.45) is 2.38. The normalized spacial score (nSPS) is 38.6. The predicted octanol–water partition coefficient (Wildman–Crippen LogP) is 1.37. The van der Waals surface area contributed by atoms with Crippen LogP contribution in [0, 0.1) is 11.8 Å². The molecule has 0 radical (unpaired) electrons. The van der Waals surface area contributed by atoms with Crippen molar-refractivity contribution in [2.45, 2.75) is 39.2 Å². The molecule has 0 amide bonds. The average molecular weight is 156 g/mol. The Bertz CT molecular complexity index is 154. The van der Waals surface area contributed by atoms with Gasteiger partial charge in [0.05, 0.1) is 6.10 Å². The predicted molar refractivity (Wildman–Crippen MR) is 43.2 cm³/mol. The first-order valence-electron chi connectivity index (χ1n) is 4.29. The number of carbonyl (C=O) groups is 1. The molecule has 0 spiro atoms. The second-order valence-electron chi connectivity index (χ2n) is 3.67. The molecule has 1 fully saturated rings. The summed E-state index contributed by atoms with van der Waals surface area (Å²) in [4.78, 5) is 10.9. The summed E-state index contributed by atoms with van der Waals surface area (Å²) in [7, 11) is 0. The topological polar surface area (TPSA) is 37.3 Å². The van der Waals surface area contributed by atoms with Crippen LogP contribution in [0.25, 0.3) is 0 Å². The molecule has 0 aliphatic heterocycles. The molecule has 0 aromatic carbocycles. The molecule has 64 valence electrons. The fourth-order valence-electron chi connectivity index (χ4n) is 1.67. The molecular weight excluding hydrogens is 140 g/mol. The Balaban J connectivity index is 2.46. The van der Waals surface area contributed by atoms with Crippen molar-refractivity contribution in [1.82, 2.24) is 0 Å². The van der Waals surface area contributed by atoms with Gasteiger partial charge in [-0.15, -0.1) is 0 Å². The number of Topliss-reactive ketones (excluding diaryl/α,β-unsaturated/α-hetero) is 1. The first-order valence-corrected chi connectivity index (χ1v) is 4.29. The third kappa shape index (κ3) is 2.03. The molecule has 0 bridgehead atoms. The van der Waals surface area contributed by atoms with E-state index in [0.29, 0.717) is 12.3 Å². The summed E-state index contributed by atoms with van der Waals surface area (Å²) in [5, 5.41) is 9.44. The highest BCUT2D eigenvalue weighted by Gasteiger charge is 2.28. The van der Waals surface area contributed by atoms with Gasteiger partial charge in [-0.05, 0) is 32.1 Å². The van der Waals surface area contributed by atoms with E-state index in [4.69, 9.17) is 0 Å². The first kappa shape index (κ1) is 8.72. The van der Waals surface area contributed by atoms with E-state index in [1.807, 2.05) is 6.92 Å². The third-order valence-corrected chi connectivity index (χ3v) is 2.73. The number of rotatable bonds is 1. The average Bonchev–Trinajstić information content (AvgIpc) is 1.94. The van der Waals surface area contributed by atoms with Gasteiger partial charge in [0.15, 0.2) is 0 Å². The monoisotopic (exact) mass is 156 g/mol. The number of aliphatic hydroxyl groups is 1. The van der Waals surface area contributed by atoms with E-state index in [9.17, 15) is 9.90 Å². The van der Waals surface area contributed by atoms with Crippen molar-refractivity contribution in [1.29, 1.82) is 0 Å². The fraction of sp³-hybridized carbons (Fsp3) is 0.889. The van der Waals surface area contributed by atoms with Crippen molar-refractivity contribution < 1.29 is 9.90 Å². The second-order valence-corrected chi connectivity index (χ2v) is 3.67. The van der Waals surface area contributed by atoms with Gasteiger partial charge in [0.2, 0.25) is 0 Å². The first-order chi connectivity index (χ1) is 5.11. The van der Waals surface area contributed by atoms with Crippen LogP contribution in [-0.4, -0.2) is 17.0 Å². The maximum absolute atomic E-state index is 10.9. The number of ketones is 1. The molecule has 0 heterocycles. The Hall–Kier alpha value is -0.370. The zero-order valence-corrected chi connectivity index (χ0v) is 7.21. The maximum Gasteiger partial charge on any atom is 0.133 e. The summed E-state index contributed by atoms with van der Waals surface area (Å²) in [5.41, 5.74) is 0. The van der Waals surface area contributed by atoms with E-state index >= 15 is 0 Å². The lowest BCUT2D eigenvalue weighted by molar-refractivity contribution is -0.123. The SMILES string of the molecule is CC(=O)C1CC[C@H](C)[C@@H](O)C1. The van der Waals surface area contributed by atoms with E-state index in [1.54, 1.807) is 6.92 Å². The van der Waals surface area contributed by atoms with Crippen molar-refractivity contribution >= 4 is 5.78 Å². The smallest absolute Gasteiger partial charge is 0.133 e. The third-order valence-electron chi connectivity index (χ3n) is 2.73. The molecule has 0 aromatic rings. The molecule has 1 unspecified atom stereocenters. The summed E-state index contributed by atoms with van der Waals surface area (Å²) < 4.78 is 0. The number of hydrogen-bond donors (Lipinski definition) is 1. The van der Waals surface area contributed by atoms with Crippen molar-refractivity contribution in [3.05, 3.63) is 0 Å². The van der Waals surface area contributed by atoms with Gasteiger partial charge in [-0.25, -0.2) is 0 Å². The van der Waals surface area contributed by atoms with E-state index in [-0.39, 0.29) is 17.8 Å². The van der Waals surface area contributed by atoms with Gasteiger partial charge >= 0.3 is 0 Å². The van der Waals surface area contributed by atoms with Gasteiger partial charge in [0, 0.05) is 5.92 Å². The quantitative estimate of drug-likeness (QED) is 0.622. The van der Waals surface area contributed by atoms with Crippen LogP contribution in [-0.2, 0) is 4.79 Å². The van der Waals surface area contributed by atoms with E-state index in [0.717, 1.165) is 12.8 Å². The number of aliphatic hydroxyl groups excluding tert-OH is 1. The largest absolute Gasteiger partial charge is 0.393 e. The lowest BCUT2D eigenvalue weighted by Gasteiger charge is -2.29. The zero-order valence-electron chi connectivity index (χ0n) is 7.21. The summed E-state index contributed by atoms with van der Waals surface area (Å²) in [6, 6.07) is 0. The zero-order chi connectivity index (χ0) is 8.43. The van der Waals surface area contributed by atoms with Crippen LogP contribution in [0.2, 0.25) is 0 Å². The van der Waals surface area contributed by atoms with Crippen LogP contribution >= 0.6 is 0 Å². The van der Waals surface area contributed by atoms with Crippen molar-refractivity contribution in [2.75, 3.05) is 0 Å². The Morgan fingerprint density at radius 1 is 1.45 bits per heavy atom. The minimum absolute atomic E-state index is 0.126. The van der Waals surface area contributed by atoms with E-state index < -0.39 is 0 Å². The van der Waals surface area contributed by atoms with Crippen molar-refractivity contribution in [3.8, 4) is 0 Å². The fourth-order valence-corrected chi connectivity index (χ4v) is 1.67. The van der Waals surface area contributed by atoms with Gasteiger partial charge < -0.3 is 5.11 Å².